The Labute approximate surface area is 157 Å². The van der Waals surface area contributed by atoms with Crippen LogP contribution in [0.4, 0.5) is 5.69 Å². The highest BCUT2D eigenvalue weighted by atomic mass is 79.9. The Morgan fingerprint density at radius 1 is 1.16 bits per heavy atom. The largest absolute Gasteiger partial charge is 0.497 e. The molecule has 2 rings (SSSR count). The summed E-state index contributed by atoms with van der Waals surface area (Å²) in [5.74, 6) is 1.15. The number of likely N-dealkylation sites (N-methyl/N-ethyl adjacent to an activating group) is 1. The van der Waals surface area contributed by atoms with Gasteiger partial charge in [-0.15, -0.1) is 0 Å². The molecule has 1 N–H and O–H groups in total. The molecule has 2 aromatic rings. The summed E-state index contributed by atoms with van der Waals surface area (Å²) in [5, 5.41) is 2.92. The summed E-state index contributed by atoms with van der Waals surface area (Å²) in [7, 11) is 5.08. The molecule has 6 heteroatoms. The number of hydrogen-bond acceptors (Lipinski definition) is 4. The SMILES string of the molecule is COc1ccc(OC)c(NC(=O)C(C)N(C)Cc2ccc(Br)cc2)c1. The Balaban J connectivity index is 2.05. The van der Waals surface area contributed by atoms with Crippen molar-refractivity contribution < 1.29 is 14.3 Å². The van der Waals surface area contributed by atoms with E-state index in [9.17, 15) is 4.79 Å². The molecule has 1 atom stereocenters. The van der Waals surface area contributed by atoms with Crippen molar-refractivity contribution in [1.29, 1.82) is 0 Å². The average molecular weight is 407 g/mol. The van der Waals surface area contributed by atoms with Gasteiger partial charge in [-0.25, -0.2) is 0 Å². The number of carbonyl (C=O) groups excluding carboxylic acids is 1. The fourth-order valence-corrected chi connectivity index (χ4v) is 2.63. The zero-order chi connectivity index (χ0) is 18.4. The summed E-state index contributed by atoms with van der Waals surface area (Å²) in [5.41, 5.74) is 1.74. The van der Waals surface area contributed by atoms with E-state index < -0.39 is 0 Å². The molecule has 0 aliphatic carbocycles. The van der Waals surface area contributed by atoms with Crippen molar-refractivity contribution >= 4 is 27.5 Å². The smallest absolute Gasteiger partial charge is 0.241 e. The number of benzene rings is 2. The van der Waals surface area contributed by atoms with Gasteiger partial charge < -0.3 is 14.8 Å². The predicted molar refractivity (Wildman–Crippen MR) is 103 cm³/mol. The standard InChI is InChI=1S/C19H23BrN2O3/c1-13(22(2)12-14-5-7-15(20)8-6-14)19(23)21-17-11-16(24-3)9-10-18(17)25-4/h5-11,13H,12H2,1-4H3,(H,21,23). The number of methoxy groups -OCH3 is 2. The number of ether oxygens (including phenoxy) is 2. The quantitative estimate of drug-likeness (QED) is 0.756. The average Bonchev–Trinajstić information content (AvgIpc) is 2.62. The number of rotatable bonds is 7. The van der Waals surface area contributed by atoms with E-state index in [-0.39, 0.29) is 11.9 Å². The van der Waals surface area contributed by atoms with Gasteiger partial charge in [-0.1, -0.05) is 28.1 Å². The highest BCUT2D eigenvalue weighted by Gasteiger charge is 2.20. The molecule has 1 unspecified atom stereocenters. The number of anilines is 1. The molecule has 0 aliphatic heterocycles. The van der Waals surface area contributed by atoms with E-state index in [4.69, 9.17) is 9.47 Å². The molecule has 134 valence electrons. The van der Waals surface area contributed by atoms with Gasteiger partial charge in [0.2, 0.25) is 5.91 Å². The third kappa shape index (κ3) is 5.21. The van der Waals surface area contributed by atoms with E-state index >= 15 is 0 Å². The fraction of sp³-hybridized carbons (Fsp3) is 0.316. The molecule has 0 saturated heterocycles. The zero-order valence-electron chi connectivity index (χ0n) is 14.9. The third-order valence-corrected chi connectivity index (χ3v) is 4.58. The second-order valence-electron chi connectivity index (χ2n) is 5.77. The first-order chi connectivity index (χ1) is 11.9. The molecule has 1 amide bonds. The van der Waals surface area contributed by atoms with Crippen molar-refractivity contribution in [2.75, 3.05) is 26.6 Å². The van der Waals surface area contributed by atoms with Crippen LogP contribution in [0.3, 0.4) is 0 Å². The summed E-state index contributed by atoms with van der Waals surface area (Å²) in [6, 6.07) is 13.1. The highest BCUT2D eigenvalue weighted by molar-refractivity contribution is 9.10. The molecule has 5 nitrogen and oxygen atoms in total. The third-order valence-electron chi connectivity index (χ3n) is 4.05. The zero-order valence-corrected chi connectivity index (χ0v) is 16.5. The summed E-state index contributed by atoms with van der Waals surface area (Å²) in [6.07, 6.45) is 0. The van der Waals surface area contributed by atoms with E-state index in [0.717, 1.165) is 10.0 Å². The molecule has 0 saturated carbocycles. The minimum absolute atomic E-state index is 0.105. The van der Waals surface area contributed by atoms with E-state index in [1.807, 2.05) is 43.1 Å². The Morgan fingerprint density at radius 3 is 2.44 bits per heavy atom. The molecule has 0 radical (unpaired) electrons. The van der Waals surface area contributed by atoms with E-state index in [1.54, 1.807) is 32.4 Å². The number of nitrogens with zero attached hydrogens (tertiary/aromatic N) is 1. The Kier molecular flexibility index (Phi) is 6.84. The number of carbonyl (C=O) groups is 1. The normalized spacial score (nSPS) is 11.9. The molecule has 0 aliphatic rings. The summed E-state index contributed by atoms with van der Waals surface area (Å²) in [4.78, 5) is 14.6. The van der Waals surface area contributed by atoms with Gasteiger partial charge in [0.05, 0.1) is 25.9 Å². The molecule has 0 heterocycles. The van der Waals surface area contributed by atoms with Crippen LogP contribution in [0.5, 0.6) is 11.5 Å². The van der Waals surface area contributed by atoms with Gasteiger partial charge in [0.15, 0.2) is 0 Å². The molecule has 0 spiro atoms. The number of halogens is 1. The van der Waals surface area contributed by atoms with E-state index in [2.05, 4.69) is 21.2 Å². The van der Waals surface area contributed by atoms with Crippen molar-refractivity contribution in [2.45, 2.75) is 19.5 Å². The van der Waals surface area contributed by atoms with Crippen LogP contribution in [-0.4, -0.2) is 38.1 Å². The van der Waals surface area contributed by atoms with Crippen molar-refractivity contribution in [3.05, 3.63) is 52.5 Å². The van der Waals surface area contributed by atoms with Gasteiger partial charge in [-0.3, -0.25) is 9.69 Å². The Morgan fingerprint density at radius 2 is 1.84 bits per heavy atom. The molecule has 25 heavy (non-hydrogen) atoms. The molecule has 0 fully saturated rings. The molecule has 0 bridgehead atoms. The first-order valence-corrected chi connectivity index (χ1v) is 8.71. The topological polar surface area (TPSA) is 50.8 Å². The van der Waals surface area contributed by atoms with Crippen molar-refractivity contribution in [3.8, 4) is 11.5 Å². The Hall–Kier alpha value is -2.05. The summed E-state index contributed by atoms with van der Waals surface area (Å²) < 4.78 is 11.6. The molecular weight excluding hydrogens is 384 g/mol. The van der Waals surface area contributed by atoms with Gasteiger partial charge in [0, 0.05) is 17.1 Å². The van der Waals surface area contributed by atoms with Gasteiger partial charge in [-0.2, -0.15) is 0 Å². The van der Waals surface area contributed by atoms with Gasteiger partial charge in [-0.05, 0) is 43.8 Å². The summed E-state index contributed by atoms with van der Waals surface area (Å²) in [6.45, 7) is 2.55. The number of hydrogen-bond donors (Lipinski definition) is 1. The van der Waals surface area contributed by atoms with Crippen LogP contribution in [0.1, 0.15) is 12.5 Å². The summed E-state index contributed by atoms with van der Waals surface area (Å²) >= 11 is 3.43. The predicted octanol–water partition coefficient (Wildman–Crippen LogP) is 3.93. The molecular formula is C19H23BrN2O3. The monoisotopic (exact) mass is 406 g/mol. The van der Waals surface area contributed by atoms with Crippen LogP contribution in [0.25, 0.3) is 0 Å². The Bertz CT molecular complexity index is 719. The van der Waals surface area contributed by atoms with Crippen LogP contribution in [-0.2, 0) is 11.3 Å². The van der Waals surface area contributed by atoms with Crippen molar-refractivity contribution in [2.24, 2.45) is 0 Å². The maximum atomic E-state index is 12.6. The minimum Gasteiger partial charge on any atom is -0.497 e. The fourth-order valence-electron chi connectivity index (χ4n) is 2.36. The lowest BCUT2D eigenvalue weighted by molar-refractivity contribution is -0.120. The number of nitrogens with one attached hydrogen (secondary N) is 1. The first-order valence-electron chi connectivity index (χ1n) is 7.92. The highest BCUT2D eigenvalue weighted by Crippen LogP contribution is 2.29. The van der Waals surface area contributed by atoms with Crippen molar-refractivity contribution in [3.63, 3.8) is 0 Å². The first kappa shape index (κ1) is 19.3. The van der Waals surface area contributed by atoms with Gasteiger partial charge >= 0.3 is 0 Å². The van der Waals surface area contributed by atoms with E-state index in [0.29, 0.717) is 23.7 Å². The van der Waals surface area contributed by atoms with Gasteiger partial charge in [0.25, 0.3) is 0 Å². The minimum atomic E-state index is -0.306. The van der Waals surface area contributed by atoms with Crippen LogP contribution in [0.2, 0.25) is 0 Å². The molecule has 2 aromatic carbocycles. The van der Waals surface area contributed by atoms with Gasteiger partial charge in [0.1, 0.15) is 11.5 Å². The maximum absolute atomic E-state index is 12.6. The lowest BCUT2D eigenvalue weighted by atomic mass is 10.2. The molecule has 0 aromatic heterocycles. The second-order valence-corrected chi connectivity index (χ2v) is 6.69. The van der Waals surface area contributed by atoms with Crippen LogP contribution in [0, 0.1) is 0 Å². The number of amides is 1. The lowest BCUT2D eigenvalue weighted by Crippen LogP contribution is -2.39. The van der Waals surface area contributed by atoms with Crippen LogP contribution < -0.4 is 14.8 Å². The van der Waals surface area contributed by atoms with Crippen molar-refractivity contribution in [1.82, 2.24) is 4.90 Å². The second kappa shape index (κ2) is 8.87. The lowest BCUT2D eigenvalue weighted by Gasteiger charge is -2.24. The maximum Gasteiger partial charge on any atom is 0.241 e. The van der Waals surface area contributed by atoms with Crippen LogP contribution in [0.15, 0.2) is 46.9 Å². The van der Waals surface area contributed by atoms with Crippen LogP contribution >= 0.6 is 15.9 Å². The van der Waals surface area contributed by atoms with E-state index in [1.165, 1.54) is 0 Å².